The van der Waals surface area contributed by atoms with Crippen molar-refractivity contribution in [1.82, 2.24) is 10.2 Å². The van der Waals surface area contributed by atoms with E-state index >= 15 is 0 Å². The van der Waals surface area contributed by atoms with Gasteiger partial charge in [-0.1, -0.05) is 62.4 Å². The summed E-state index contributed by atoms with van der Waals surface area (Å²) < 4.78 is 5.62. The number of rotatable bonds is 8. The Morgan fingerprint density at radius 2 is 1.62 bits per heavy atom. The van der Waals surface area contributed by atoms with E-state index in [9.17, 15) is 19.5 Å². The van der Waals surface area contributed by atoms with Crippen molar-refractivity contribution in [3.63, 3.8) is 0 Å². The zero-order chi connectivity index (χ0) is 24.3. The largest absolute Gasteiger partial charge is 0.480 e. The third-order valence-electron chi connectivity index (χ3n) is 7.52. The van der Waals surface area contributed by atoms with E-state index in [4.69, 9.17) is 4.74 Å². The van der Waals surface area contributed by atoms with E-state index in [1.165, 1.54) is 4.90 Å². The molecular formula is C27H32N2O5. The van der Waals surface area contributed by atoms with E-state index in [1.54, 1.807) is 0 Å². The van der Waals surface area contributed by atoms with Gasteiger partial charge in [-0.3, -0.25) is 4.79 Å². The zero-order valence-corrected chi connectivity index (χ0v) is 19.8. The molecular weight excluding hydrogens is 432 g/mol. The maximum Gasteiger partial charge on any atom is 0.407 e. The number of amides is 2. The molecule has 0 bridgehead atoms. The van der Waals surface area contributed by atoms with Crippen LogP contribution in [0.25, 0.3) is 11.1 Å². The van der Waals surface area contributed by atoms with Gasteiger partial charge in [-0.15, -0.1) is 0 Å². The van der Waals surface area contributed by atoms with Gasteiger partial charge in [-0.05, 0) is 47.9 Å². The van der Waals surface area contributed by atoms with E-state index in [2.05, 4.69) is 29.6 Å². The first-order valence-electron chi connectivity index (χ1n) is 12.0. The highest BCUT2D eigenvalue weighted by Crippen LogP contribution is 2.44. The first kappa shape index (κ1) is 23.8. The maximum atomic E-state index is 13.4. The third-order valence-corrected chi connectivity index (χ3v) is 7.52. The number of carbonyl (C=O) groups excluding carboxylic acids is 2. The molecule has 1 fully saturated rings. The van der Waals surface area contributed by atoms with E-state index in [0.29, 0.717) is 32.2 Å². The van der Waals surface area contributed by atoms with Gasteiger partial charge in [-0.25, -0.2) is 9.59 Å². The SMILES string of the molecule is CCC(CC)(CNC(=O)OCC1c2ccccc2-c2ccccc21)C(=O)N1CCC[C@@H]1C(=O)O. The number of fused-ring (bicyclic) bond motifs is 3. The standard InChI is InChI=1S/C27H32N2O5/c1-3-27(4-2,25(32)29-15-9-14-23(29)24(30)31)17-28-26(33)34-16-22-20-12-7-5-10-18(20)19-11-6-8-13-21(19)22/h5-8,10-13,22-23H,3-4,9,14-17H2,1-2H3,(H,28,33)(H,30,31)/t23-/m1/s1. The van der Waals surface area contributed by atoms with E-state index in [1.807, 2.05) is 38.1 Å². The molecule has 1 heterocycles. The van der Waals surface area contributed by atoms with Crippen LogP contribution in [0.4, 0.5) is 4.79 Å². The van der Waals surface area contributed by atoms with Crippen molar-refractivity contribution >= 4 is 18.0 Å². The fraction of sp³-hybridized carbons (Fsp3) is 0.444. The molecule has 4 rings (SSSR count). The van der Waals surface area contributed by atoms with Crippen LogP contribution < -0.4 is 5.32 Å². The zero-order valence-electron chi connectivity index (χ0n) is 19.8. The van der Waals surface area contributed by atoms with Gasteiger partial charge in [0, 0.05) is 19.0 Å². The number of carboxylic acid groups (broad SMARTS) is 1. The van der Waals surface area contributed by atoms with Crippen LogP contribution in [-0.4, -0.2) is 53.7 Å². The molecule has 34 heavy (non-hydrogen) atoms. The number of hydrogen-bond acceptors (Lipinski definition) is 4. The molecule has 180 valence electrons. The first-order valence-corrected chi connectivity index (χ1v) is 12.0. The molecule has 0 radical (unpaired) electrons. The average Bonchev–Trinajstić information content (AvgIpc) is 3.47. The monoisotopic (exact) mass is 464 g/mol. The van der Waals surface area contributed by atoms with Crippen molar-refractivity contribution in [2.45, 2.75) is 51.5 Å². The van der Waals surface area contributed by atoms with Crippen molar-refractivity contribution in [2.24, 2.45) is 5.41 Å². The topological polar surface area (TPSA) is 95.9 Å². The van der Waals surface area contributed by atoms with Crippen LogP contribution in [0.5, 0.6) is 0 Å². The van der Waals surface area contributed by atoms with Crippen LogP contribution in [0.15, 0.2) is 48.5 Å². The number of ether oxygens (including phenoxy) is 1. The summed E-state index contributed by atoms with van der Waals surface area (Å²) in [5.41, 5.74) is 3.73. The number of benzene rings is 2. The molecule has 1 aliphatic heterocycles. The lowest BCUT2D eigenvalue weighted by atomic mass is 9.80. The minimum atomic E-state index is -0.976. The average molecular weight is 465 g/mol. The molecule has 2 N–H and O–H groups in total. The van der Waals surface area contributed by atoms with Crippen LogP contribution in [0.1, 0.15) is 56.6 Å². The molecule has 2 aliphatic rings. The Balaban J connectivity index is 1.41. The fourth-order valence-corrected chi connectivity index (χ4v) is 5.34. The summed E-state index contributed by atoms with van der Waals surface area (Å²) >= 11 is 0. The Hall–Kier alpha value is -3.35. The Kier molecular flexibility index (Phi) is 6.91. The molecule has 2 aromatic rings. The number of likely N-dealkylation sites (tertiary alicyclic amines) is 1. The van der Waals surface area contributed by atoms with Crippen molar-refractivity contribution in [1.29, 1.82) is 0 Å². The van der Waals surface area contributed by atoms with Crippen LogP contribution in [-0.2, 0) is 14.3 Å². The van der Waals surface area contributed by atoms with Gasteiger partial charge >= 0.3 is 12.1 Å². The van der Waals surface area contributed by atoms with Gasteiger partial charge in [-0.2, -0.15) is 0 Å². The highest BCUT2D eigenvalue weighted by atomic mass is 16.5. The lowest BCUT2D eigenvalue weighted by Crippen LogP contribution is -2.52. The number of carboxylic acids is 1. The van der Waals surface area contributed by atoms with Crippen LogP contribution in [0.3, 0.4) is 0 Å². The van der Waals surface area contributed by atoms with Gasteiger partial charge in [0.25, 0.3) is 0 Å². The number of nitrogens with zero attached hydrogens (tertiary/aromatic N) is 1. The van der Waals surface area contributed by atoms with E-state index in [0.717, 1.165) is 22.3 Å². The molecule has 0 saturated carbocycles. The molecule has 2 amide bonds. The maximum absolute atomic E-state index is 13.4. The number of nitrogens with one attached hydrogen (secondary N) is 1. The van der Waals surface area contributed by atoms with Crippen LogP contribution >= 0.6 is 0 Å². The minimum absolute atomic E-state index is 0.0391. The smallest absolute Gasteiger partial charge is 0.407 e. The normalized spacial score (nSPS) is 17.2. The predicted octanol–water partition coefficient (Wildman–Crippen LogP) is 4.41. The fourth-order valence-electron chi connectivity index (χ4n) is 5.34. The summed E-state index contributed by atoms with van der Waals surface area (Å²) in [7, 11) is 0. The van der Waals surface area contributed by atoms with Gasteiger partial charge in [0.15, 0.2) is 0 Å². The number of hydrogen-bond donors (Lipinski definition) is 2. The summed E-state index contributed by atoms with van der Waals surface area (Å²) in [6.45, 7) is 4.53. The predicted molar refractivity (Wildman–Crippen MR) is 128 cm³/mol. The van der Waals surface area contributed by atoms with Gasteiger partial charge in [0.1, 0.15) is 12.6 Å². The molecule has 7 heteroatoms. The molecule has 1 atom stereocenters. The van der Waals surface area contributed by atoms with Crippen molar-refractivity contribution in [3.05, 3.63) is 59.7 Å². The Labute approximate surface area is 200 Å². The summed E-state index contributed by atoms with van der Waals surface area (Å²) in [4.78, 5) is 39.1. The number of alkyl carbamates (subject to hydrolysis) is 1. The lowest BCUT2D eigenvalue weighted by molar-refractivity contribution is -0.153. The molecule has 2 aromatic carbocycles. The number of carbonyl (C=O) groups is 3. The van der Waals surface area contributed by atoms with Crippen LogP contribution in [0, 0.1) is 5.41 Å². The molecule has 7 nitrogen and oxygen atoms in total. The first-order chi connectivity index (χ1) is 16.4. The van der Waals surface area contributed by atoms with Crippen molar-refractivity contribution in [3.8, 4) is 11.1 Å². The second kappa shape index (κ2) is 9.87. The molecule has 0 aromatic heterocycles. The number of aliphatic carboxylic acids is 1. The second-order valence-electron chi connectivity index (χ2n) is 9.16. The highest BCUT2D eigenvalue weighted by Gasteiger charge is 2.44. The highest BCUT2D eigenvalue weighted by molar-refractivity contribution is 5.88. The molecule has 0 unspecified atom stereocenters. The summed E-state index contributed by atoms with van der Waals surface area (Å²) in [6.07, 6.45) is 1.55. The molecule has 1 saturated heterocycles. The molecule has 1 aliphatic carbocycles. The Morgan fingerprint density at radius 1 is 1.03 bits per heavy atom. The third kappa shape index (κ3) is 4.27. The Morgan fingerprint density at radius 3 is 2.18 bits per heavy atom. The summed E-state index contributed by atoms with van der Waals surface area (Å²) in [5.74, 6) is -1.22. The second-order valence-corrected chi connectivity index (χ2v) is 9.16. The van der Waals surface area contributed by atoms with Crippen molar-refractivity contribution in [2.75, 3.05) is 19.7 Å². The van der Waals surface area contributed by atoms with Gasteiger partial charge < -0.3 is 20.1 Å². The van der Waals surface area contributed by atoms with Crippen molar-refractivity contribution < 1.29 is 24.2 Å². The molecule has 0 spiro atoms. The Bertz CT molecular complexity index is 1030. The van der Waals surface area contributed by atoms with Crippen LogP contribution in [0.2, 0.25) is 0 Å². The lowest BCUT2D eigenvalue weighted by Gasteiger charge is -2.36. The minimum Gasteiger partial charge on any atom is -0.480 e. The summed E-state index contributed by atoms with van der Waals surface area (Å²) in [6, 6.07) is 15.5. The summed E-state index contributed by atoms with van der Waals surface area (Å²) in [5, 5.41) is 12.3. The van der Waals surface area contributed by atoms with Gasteiger partial charge in [0.05, 0.1) is 5.41 Å². The van der Waals surface area contributed by atoms with E-state index < -0.39 is 23.5 Å². The van der Waals surface area contributed by atoms with Gasteiger partial charge in [0.2, 0.25) is 5.91 Å². The quantitative estimate of drug-likeness (QED) is 0.603. The van der Waals surface area contributed by atoms with E-state index in [-0.39, 0.29) is 25.0 Å².